The zero-order valence-corrected chi connectivity index (χ0v) is 23.7. The molecule has 0 fully saturated rings. The van der Waals surface area contributed by atoms with Crippen molar-refractivity contribution in [1.82, 2.24) is 34.9 Å². The third-order valence-corrected chi connectivity index (χ3v) is 7.09. The molecule has 0 atom stereocenters. The van der Waals surface area contributed by atoms with E-state index in [2.05, 4.69) is 64.5 Å². The van der Waals surface area contributed by atoms with Crippen LogP contribution in [-0.2, 0) is 6.54 Å². The highest BCUT2D eigenvalue weighted by Gasteiger charge is 2.16. The average molecular weight is 549 g/mol. The minimum atomic E-state index is -0.294. The van der Waals surface area contributed by atoms with Crippen LogP contribution in [-0.4, -0.2) is 76.2 Å². The van der Waals surface area contributed by atoms with Crippen LogP contribution in [0.5, 0.6) is 0 Å². The largest absolute Gasteiger partial charge is 0.384 e. The van der Waals surface area contributed by atoms with Crippen LogP contribution >= 0.6 is 0 Å². The van der Waals surface area contributed by atoms with Gasteiger partial charge in [-0.3, -0.25) is 15.1 Å². The van der Waals surface area contributed by atoms with Crippen LogP contribution < -0.4 is 5.32 Å². The SMILES string of the molecule is CN(C)CCNc1cc(F)cc(-c2cncc3[nH]c(-c4n[nH]c5ccc(-c6cncc(CN(C)C)c6)cc45)cc23)c1. The third-order valence-electron chi connectivity index (χ3n) is 7.09. The van der Waals surface area contributed by atoms with Crippen molar-refractivity contribution in [2.75, 3.05) is 46.6 Å². The molecule has 0 aliphatic rings. The Morgan fingerprint density at radius 2 is 1.63 bits per heavy atom. The van der Waals surface area contributed by atoms with Gasteiger partial charge in [0.15, 0.2) is 0 Å². The highest BCUT2D eigenvalue weighted by Crippen LogP contribution is 2.35. The summed E-state index contributed by atoms with van der Waals surface area (Å²) in [5.74, 6) is -0.294. The van der Waals surface area contributed by atoms with Crippen LogP contribution in [0.2, 0.25) is 0 Å². The van der Waals surface area contributed by atoms with Gasteiger partial charge in [-0.2, -0.15) is 5.10 Å². The summed E-state index contributed by atoms with van der Waals surface area (Å²) in [6, 6.07) is 15.6. The highest BCUT2D eigenvalue weighted by molar-refractivity contribution is 6.01. The number of H-pyrrole nitrogens is 2. The van der Waals surface area contributed by atoms with Gasteiger partial charge in [0, 0.05) is 65.8 Å². The maximum atomic E-state index is 14.7. The lowest BCUT2D eigenvalue weighted by Gasteiger charge is -2.13. The standard InChI is InChI=1S/C32H33FN8/c1-40(2)8-7-36-25-11-22(10-24(33)13-25)28-17-35-18-31-26(28)14-30(37-31)32-27-12-21(5-6-29(27)38-39-32)23-9-20(15-34-16-23)19-41(3)4/h5-6,9-18,36-37H,7-8,19H2,1-4H3,(H,38,39). The molecule has 3 N–H and O–H groups in total. The summed E-state index contributed by atoms with van der Waals surface area (Å²) in [4.78, 5) is 16.6. The van der Waals surface area contributed by atoms with E-state index in [9.17, 15) is 4.39 Å². The summed E-state index contributed by atoms with van der Waals surface area (Å²) in [7, 11) is 8.13. The van der Waals surface area contributed by atoms with E-state index in [1.165, 1.54) is 6.07 Å². The number of aromatic amines is 2. The second kappa shape index (κ2) is 11.1. The lowest BCUT2D eigenvalue weighted by atomic mass is 10.0. The fourth-order valence-corrected chi connectivity index (χ4v) is 5.18. The maximum Gasteiger partial charge on any atom is 0.125 e. The number of anilines is 1. The van der Waals surface area contributed by atoms with Crippen LogP contribution in [0, 0.1) is 5.82 Å². The van der Waals surface area contributed by atoms with Gasteiger partial charge in [-0.1, -0.05) is 6.07 Å². The molecule has 0 radical (unpaired) electrons. The van der Waals surface area contributed by atoms with Crippen LogP contribution in [0.1, 0.15) is 5.56 Å². The molecule has 9 heteroatoms. The Morgan fingerprint density at radius 3 is 2.46 bits per heavy atom. The fraction of sp³-hybridized carbons (Fsp3) is 0.219. The lowest BCUT2D eigenvalue weighted by Crippen LogP contribution is -2.20. The Kier molecular flexibility index (Phi) is 7.21. The molecule has 6 aromatic rings. The maximum absolute atomic E-state index is 14.7. The fourth-order valence-electron chi connectivity index (χ4n) is 5.18. The molecule has 6 rings (SSSR count). The van der Waals surface area contributed by atoms with Gasteiger partial charge in [-0.15, -0.1) is 0 Å². The van der Waals surface area contributed by atoms with Gasteiger partial charge < -0.3 is 20.1 Å². The van der Waals surface area contributed by atoms with Gasteiger partial charge in [0.05, 0.1) is 22.9 Å². The molecule has 0 saturated carbocycles. The Bertz CT molecular complexity index is 1840. The van der Waals surface area contributed by atoms with Gasteiger partial charge in [-0.25, -0.2) is 4.39 Å². The number of hydrogen-bond acceptors (Lipinski definition) is 6. The van der Waals surface area contributed by atoms with Crippen molar-refractivity contribution in [2.24, 2.45) is 0 Å². The summed E-state index contributed by atoms with van der Waals surface area (Å²) >= 11 is 0. The second-order valence-electron chi connectivity index (χ2n) is 10.9. The zero-order valence-electron chi connectivity index (χ0n) is 23.7. The zero-order chi connectivity index (χ0) is 28.5. The molecule has 208 valence electrons. The van der Waals surface area contributed by atoms with Crippen molar-refractivity contribution in [1.29, 1.82) is 0 Å². The highest BCUT2D eigenvalue weighted by atomic mass is 19.1. The first-order chi connectivity index (χ1) is 19.8. The van der Waals surface area contributed by atoms with Crippen LogP contribution in [0.25, 0.3) is 55.4 Å². The number of halogens is 1. The first kappa shape index (κ1) is 26.6. The quantitative estimate of drug-likeness (QED) is 0.205. The number of fused-ring (bicyclic) bond motifs is 2. The van der Waals surface area contributed by atoms with Gasteiger partial charge in [0.25, 0.3) is 0 Å². The van der Waals surface area contributed by atoms with Crippen molar-refractivity contribution in [3.05, 3.63) is 84.7 Å². The summed E-state index contributed by atoms with van der Waals surface area (Å²) in [5.41, 5.74) is 9.11. The smallest absolute Gasteiger partial charge is 0.125 e. The van der Waals surface area contributed by atoms with E-state index >= 15 is 0 Å². The number of likely N-dealkylation sites (N-methyl/N-ethyl adjacent to an activating group) is 1. The molecule has 0 spiro atoms. The molecule has 0 bridgehead atoms. The molecular weight excluding hydrogens is 515 g/mol. The van der Waals surface area contributed by atoms with Gasteiger partial charge in [0.1, 0.15) is 11.5 Å². The predicted molar refractivity (Wildman–Crippen MR) is 164 cm³/mol. The first-order valence-electron chi connectivity index (χ1n) is 13.6. The predicted octanol–water partition coefficient (Wildman–Crippen LogP) is 6.01. The van der Waals surface area contributed by atoms with E-state index in [1.54, 1.807) is 18.5 Å². The molecule has 0 saturated heterocycles. The van der Waals surface area contributed by atoms with Gasteiger partial charge >= 0.3 is 0 Å². The van der Waals surface area contributed by atoms with E-state index in [-0.39, 0.29) is 5.82 Å². The topological polar surface area (TPSA) is 88.8 Å². The Balaban J connectivity index is 1.37. The second-order valence-corrected chi connectivity index (χ2v) is 10.9. The molecule has 0 amide bonds. The van der Waals surface area contributed by atoms with Crippen LogP contribution in [0.15, 0.2) is 73.3 Å². The van der Waals surface area contributed by atoms with Gasteiger partial charge in [0.2, 0.25) is 0 Å². The van der Waals surface area contributed by atoms with E-state index < -0.39 is 0 Å². The van der Waals surface area contributed by atoms with Crippen molar-refractivity contribution in [2.45, 2.75) is 6.54 Å². The first-order valence-corrected chi connectivity index (χ1v) is 13.6. The Morgan fingerprint density at radius 1 is 0.780 bits per heavy atom. The molecule has 2 aromatic carbocycles. The summed E-state index contributed by atoms with van der Waals surface area (Å²) in [6.07, 6.45) is 7.37. The van der Waals surface area contributed by atoms with E-state index in [0.29, 0.717) is 0 Å². The molecule has 0 aliphatic heterocycles. The molecule has 0 aliphatic carbocycles. The number of nitrogens with zero attached hydrogens (tertiary/aromatic N) is 5. The monoisotopic (exact) mass is 548 g/mol. The van der Waals surface area contributed by atoms with Gasteiger partial charge in [-0.05, 0) is 87.3 Å². The van der Waals surface area contributed by atoms with Crippen molar-refractivity contribution >= 4 is 27.5 Å². The molecular formula is C32H33FN8. The number of pyridine rings is 2. The van der Waals surface area contributed by atoms with Crippen LogP contribution in [0.4, 0.5) is 10.1 Å². The number of nitrogens with one attached hydrogen (secondary N) is 3. The Labute approximate surface area is 238 Å². The van der Waals surface area contributed by atoms with E-state index in [1.807, 2.05) is 52.7 Å². The number of hydrogen-bond donors (Lipinski definition) is 3. The summed E-state index contributed by atoms with van der Waals surface area (Å²) in [6.45, 7) is 2.39. The van der Waals surface area contributed by atoms with Crippen LogP contribution in [0.3, 0.4) is 0 Å². The number of benzene rings is 2. The lowest BCUT2D eigenvalue weighted by molar-refractivity contribution is 0.402. The van der Waals surface area contributed by atoms with Crippen molar-refractivity contribution < 1.29 is 4.39 Å². The molecule has 0 unspecified atom stereocenters. The van der Waals surface area contributed by atoms with E-state index in [0.717, 1.165) is 86.3 Å². The summed E-state index contributed by atoms with van der Waals surface area (Å²) in [5, 5.41) is 13.1. The Hall–Kier alpha value is -4.60. The number of rotatable bonds is 9. The minimum Gasteiger partial charge on any atom is -0.384 e. The van der Waals surface area contributed by atoms with Crippen molar-refractivity contribution in [3.8, 4) is 33.6 Å². The molecule has 8 nitrogen and oxygen atoms in total. The number of aromatic nitrogens is 5. The van der Waals surface area contributed by atoms with Crippen molar-refractivity contribution in [3.63, 3.8) is 0 Å². The average Bonchev–Trinajstić information content (AvgIpc) is 3.56. The summed E-state index contributed by atoms with van der Waals surface area (Å²) < 4.78 is 14.7. The molecule has 4 aromatic heterocycles. The molecule has 41 heavy (non-hydrogen) atoms. The van der Waals surface area contributed by atoms with E-state index in [4.69, 9.17) is 0 Å². The molecule has 4 heterocycles. The minimum absolute atomic E-state index is 0.294. The third kappa shape index (κ3) is 5.68. The normalized spacial score (nSPS) is 11.8.